The summed E-state index contributed by atoms with van der Waals surface area (Å²) in [4.78, 5) is 52.6. The van der Waals surface area contributed by atoms with Gasteiger partial charge in [0.2, 0.25) is 0 Å². The van der Waals surface area contributed by atoms with Gasteiger partial charge in [0, 0.05) is 18.7 Å². The lowest BCUT2D eigenvalue weighted by molar-refractivity contribution is -0.136. The molecular weight excluding hydrogens is 524 g/mol. The summed E-state index contributed by atoms with van der Waals surface area (Å²) >= 11 is 0. The number of rotatable bonds is 6. The Morgan fingerprint density at radius 2 is 1.51 bits per heavy atom. The van der Waals surface area contributed by atoms with Crippen molar-refractivity contribution in [3.8, 4) is 5.75 Å². The third-order valence-electron chi connectivity index (χ3n) is 6.41. The largest absolute Gasteiger partial charge is 0.422 e. The summed E-state index contributed by atoms with van der Waals surface area (Å²) in [6.45, 7) is 1.75. The summed E-state index contributed by atoms with van der Waals surface area (Å²) in [6, 6.07) is 25.9. The van der Waals surface area contributed by atoms with E-state index in [0.29, 0.717) is 37.4 Å². The second-order valence-electron chi connectivity index (χ2n) is 9.06. The van der Waals surface area contributed by atoms with Crippen LogP contribution >= 0.6 is 0 Å². The van der Waals surface area contributed by atoms with Gasteiger partial charge in [0.05, 0.1) is 36.2 Å². The molecule has 1 aliphatic rings. The van der Waals surface area contributed by atoms with E-state index in [1.165, 1.54) is 6.21 Å². The number of esters is 1. The monoisotopic (exact) mass is 550 g/mol. The van der Waals surface area contributed by atoms with E-state index < -0.39 is 17.8 Å². The fourth-order valence-corrected chi connectivity index (χ4v) is 4.33. The number of morpholine rings is 1. The zero-order valence-corrected chi connectivity index (χ0v) is 21.9. The maximum absolute atomic E-state index is 13.0. The molecule has 1 saturated heterocycles. The predicted octanol–water partition coefficient (Wildman–Crippen LogP) is 3.62. The molecule has 0 atom stereocenters. The first-order valence-corrected chi connectivity index (χ1v) is 12.9. The minimum atomic E-state index is -1.04. The van der Waals surface area contributed by atoms with Crippen molar-refractivity contribution in [2.75, 3.05) is 31.6 Å². The SMILES string of the molecule is O=C(N/N=C/c1c(OC(=O)c2ccccc2)ccc2ccccc12)C(=O)Nc1ccccc1C(=O)N1CCOCC1. The van der Waals surface area contributed by atoms with Crippen molar-refractivity contribution in [3.63, 3.8) is 0 Å². The van der Waals surface area contributed by atoms with Gasteiger partial charge < -0.3 is 19.7 Å². The van der Waals surface area contributed by atoms with Crippen LogP contribution in [0.3, 0.4) is 0 Å². The van der Waals surface area contributed by atoms with E-state index in [9.17, 15) is 19.2 Å². The molecule has 0 saturated carbocycles. The first-order valence-electron chi connectivity index (χ1n) is 12.9. The standard InChI is InChI=1S/C31H26N4O6/c36-28(33-26-13-7-6-12-24(26)30(38)35-16-18-40-19-17-35)29(37)34-32-20-25-23-11-5-4-8-21(23)14-15-27(25)41-31(39)22-9-2-1-3-10-22/h1-15,20H,16-19H2,(H,33,36)(H,34,37)/b32-20+. The number of ether oxygens (including phenoxy) is 2. The molecule has 0 unspecified atom stereocenters. The molecule has 0 aliphatic carbocycles. The van der Waals surface area contributed by atoms with E-state index in [0.717, 1.165) is 10.8 Å². The zero-order valence-electron chi connectivity index (χ0n) is 21.9. The molecule has 4 aromatic carbocycles. The number of amides is 3. The molecule has 10 nitrogen and oxygen atoms in total. The van der Waals surface area contributed by atoms with Gasteiger partial charge in [-0.15, -0.1) is 0 Å². The average molecular weight is 551 g/mol. The Morgan fingerprint density at radius 3 is 2.32 bits per heavy atom. The predicted molar refractivity (Wildman–Crippen MR) is 153 cm³/mol. The average Bonchev–Trinajstić information content (AvgIpc) is 3.02. The quantitative estimate of drug-likeness (QED) is 0.124. The van der Waals surface area contributed by atoms with E-state index in [4.69, 9.17) is 9.47 Å². The number of benzene rings is 4. The number of nitrogens with zero attached hydrogens (tertiary/aromatic N) is 2. The lowest BCUT2D eigenvalue weighted by Crippen LogP contribution is -2.41. The number of para-hydroxylation sites is 1. The second-order valence-corrected chi connectivity index (χ2v) is 9.06. The number of carbonyl (C=O) groups excluding carboxylic acids is 4. The summed E-state index contributed by atoms with van der Waals surface area (Å²) in [5.41, 5.74) is 3.49. The summed E-state index contributed by atoms with van der Waals surface area (Å²) in [7, 11) is 0. The second kappa shape index (κ2) is 12.7. The lowest BCUT2D eigenvalue weighted by atomic mass is 10.0. The maximum atomic E-state index is 13.0. The van der Waals surface area contributed by atoms with Crippen LogP contribution in [0, 0.1) is 0 Å². The Morgan fingerprint density at radius 1 is 0.805 bits per heavy atom. The highest BCUT2D eigenvalue weighted by Gasteiger charge is 2.23. The van der Waals surface area contributed by atoms with Crippen molar-refractivity contribution < 1.29 is 28.7 Å². The summed E-state index contributed by atoms with van der Waals surface area (Å²) in [5.74, 6) is -2.63. The Labute approximate surface area is 235 Å². The van der Waals surface area contributed by atoms with Gasteiger partial charge in [-0.1, -0.05) is 60.7 Å². The van der Waals surface area contributed by atoms with Gasteiger partial charge in [0.1, 0.15) is 5.75 Å². The van der Waals surface area contributed by atoms with Crippen LogP contribution in [0.4, 0.5) is 5.69 Å². The first-order chi connectivity index (χ1) is 20.0. The third kappa shape index (κ3) is 6.45. The number of hydrogen-bond donors (Lipinski definition) is 2. The summed E-state index contributed by atoms with van der Waals surface area (Å²) < 4.78 is 10.9. The van der Waals surface area contributed by atoms with Crippen LogP contribution in [0.25, 0.3) is 10.8 Å². The van der Waals surface area contributed by atoms with Gasteiger partial charge in [0.25, 0.3) is 5.91 Å². The van der Waals surface area contributed by atoms with Crippen molar-refractivity contribution >= 4 is 46.4 Å². The van der Waals surface area contributed by atoms with Crippen molar-refractivity contribution in [1.82, 2.24) is 10.3 Å². The molecule has 1 heterocycles. The van der Waals surface area contributed by atoms with E-state index >= 15 is 0 Å². The molecule has 41 heavy (non-hydrogen) atoms. The molecule has 4 aromatic rings. The molecule has 0 spiro atoms. The molecule has 1 fully saturated rings. The lowest BCUT2D eigenvalue weighted by Gasteiger charge is -2.27. The van der Waals surface area contributed by atoms with Crippen LogP contribution in [-0.4, -0.2) is 61.1 Å². The van der Waals surface area contributed by atoms with Crippen molar-refractivity contribution in [2.45, 2.75) is 0 Å². The van der Waals surface area contributed by atoms with Crippen LogP contribution < -0.4 is 15.5 Å². The Kier molecular flexibility index (Phi) is 8.41. The van der Waals surface area contributed by atoms with Crippen LogP contribution in [0.1, 0.15) is 26.3 Å². The molecular formula is C31H26N4O6. The fraction of sp³-hybridized carbons (Fsp3) is 0.129. The van der Waals surface area contributed by atoms with Crippen LogP contribution in [0.5, 0.6) is 5.75 Å². The highest BCUT2D eigenvalue weighted by molar-refractivity contribution is 6.40. The highest BCUT2D eigenvalue weighted by atomic mass is 16.5. The van der Waals surface area contributed by atoms with Gasteiger partial charge >= 0.3 is 17.8 Å². The van der Waals surface area contributed by atoms with Gasteiger partial charge in [-0.2, -0.15) is 5.10 Å². The molecule has 0 bridgehead atoms. The summed E-state index contributed by atoms with van der Waals surface area (Å²) in [5, 5.41) is 8.04. The van der Waals surface area contributed by atoms with Gasteiger partial charge in [-0.05, 0) is 41.1 Å². The molecule has 5 rings (SSSR count). The van der Waals surface area contributed by atoms with E-state index in [1.807, 2.05) is 30.3 Å². The van der Waals surface area contributed by atoms with Crippen LogP contribution in [0.2, 0.25) is 0 Å². The van der Waals surface area contributed by atoms with Crippen LogP contribution in [-0.2, 0) is 14.3 Å². The Balaban J connectivity index is 1.30. The minimum Gasteiger partial charge on any atom is -0.422 e. The van der Waals surface area contributed by atoms with E-state index in [-0.39, 0.29) is 22.9 Å². The van der Waals surface area contributed by atoms with E-state index in [1.54, 1.807) is 65.6 Å². The number of hydrazone groups is 1. The number of hydrogen-bond acceptors (Lipinski definition) is 7. The highest BCUT2D eigenvalue weighted by Crippen LogP contribution is 2.27. The zero-order chi connectivity index (χ0) is 28.6. The normalized spacial score (nSPS) is 13.1. The first kappa shape index (κ1) is 27.2. The third-order valence-corrected chi connectivity index (χ3v) is 6.41. The molecule has 3 amide bonds. The summed E-state index contributed by atoms with van der Waals surface area (Å²) in [6.07, 6.45) is 1.32. The number of nitrogens with one attached hydrogen (secondary N) is 2. The Bertz CT molecular complexity index is 1630. The van der Waals surface area contributed by atoms with Crippen LogP contribution in [0.15, 0.2) is 96.1 Å². The van der Waals surface area contributed by atoms with Gasteiger partial charge in [-0.25, -0.2) is 10.2 Å². The van der Waals surface area contributed by atoms with Crippen molar-refractivity contribution in [1.29, 1.82) is 0 Å². The molecule has 1 aliphatic heterocycles. The minimum absolute atomic E-state index is 0.206. The fourth-order valence-electron chi connectivity index (χ4n) is 4.33. The van der Waals surface area contributed by atoms with E-state index in [2.05, 4.69) is 15.8 Å². The van der Waals surface area contributed by atoms with Crippen molar-refractivity contribution in [2.24, 2.45) is 5.10 Å². The molecule has 206 valence electrons. The number of carbonyl (C=O) groups is 4. The smallest absolute Gasteiger partial charge is 0.343 e. The molecule has 2 N–H and O–H groups in total. The van der Waals surface area contributed by atoms with Gasteiger partial charge in [-0.3, -0.25) is 14.4 Å². The Hall–Kier alpha value is -5.35. The van der Waals surface area contributed by atoms with Gasteiger partial charge in [0.15, 0.2) is 0 Å². The maximum Gasteiger partial charge on any atom is 0.343 e. The molecule has 0 radical (unpaired) electrons. The topological polar surface area (TPSA) is 126 Å². The molecule has 0 aromatic heterocycles. The number of anilines is 1. The molecule has 10 heteroatoms. The van der Waals surface area contributed by atoms with Crippen molar-refractivity contribution in [3.05, 3.63) is 108 Å². The number of fused-ring (bicyclic) bond motifs is 1.